The Morgan fingerprint density at radius 3 is 2.71 bits per heavy atom. The van der Waals surface area contributed by atoms with Gasteiger partial charge in [-0.2, -0.15) is 0 Å². The van der Waals surface area contributed by atoms with Gasteiger partial charge in [0.25, 0.3) is 0 Å². The normalized spacial score (nSPS) is 17.9. The van der Waals surface area contributed by atoms with Gasteiger partial charge in [-0.15, -0.1) is 0 Å². The molecule has 2 aliphatic rings. The molecule has 4 nitrogen and oxygen atoms in total. The summed E-state index contributed by atoms with van der Waals surface area (Å²) in [7, 11) is 0. The minimum atomic E-state index is -0.194. The van der Waals surface area contributed by atoms with Crippen molar-refractivity contribution in [1.29, 1.82) is 0 Å². The highest BCUT2D eigenvalue weighted by Gasteiger charge is 2.20. The van der Waals surface area contributed by atoms with Crippen LogP contribution in [0, 0.1) is 5.82 Å². The van der Waals surface area contributed by atoms with E-state index in [4.69, 9.17) is 9.47 Å². The van der Waals surface area contributed by atoms with Gasteiger partial charge in [0.1, 0.15) is 5.82 Å². The Morgan fingerprint density at radius 1 is 1.04 bits per heavy atom. The van der Waals surface area contributed by atoms with Crippen molar-refractivity contribution in [3.63, 3.8) is 0 Å². The molecule has 0 spiro atoms. The number of piperidine rings is 1. The van der Waals surface area contributed by atoms with E-state index in [0.717, 1.165) is 49.7 Å². The van der Waals surface area contributed by atoms with Gasteiger partial charge >= 0.3 is 0 Å². The van der Waals surface area contributed by atoms with E-state index in [1.807, 2.05) is 12.1 Å². The van der Waals surface area contributed by atoms with Gasteiger partial charge in [-0.05, 0) is 48.7 Å². The van der Waals surface area contributed by atoms with Crippen LogP contribution in [0.4, 0.5) is 10.1 Å². The second-order valence-corrected chi connectivity index (χ2v) is 6.39. The van der Waals surface area contributed by atoms with E-state index < -0.39 is 0 Å². The number of hydrogen-bond donors (Lipinski definition) is 1. The Kier molecular flexibility index (Phi) is 4.26. The van der Waals surface area contributed by atoms with Gasteiger partial charge < -0.3 is 14.8 Å². The molecule has 1 fully saturated rings. The summed E-state index contributed by atoms with van der Waals surface area (Å²) in [5.41, 5.74) is 2.11. The minimum absolute atomic E-state index is 0.194. The highest BCUT2D eigenvalue weighted by Crippen LogP contribution is 2.33. The van der Waals surface area contributed by atoms with Crippen LogP contribution in [0.5, 0.6) is 11.5 Å². The fourth-order valence-electron chi connectivity index (χ4n) is 3.35. The van der Waals surface area contributed by atoms with Gasteiger partial charge in [-0.25, -0.2) is 4.39 Å². The van der Waals surface area contributed by atoms with Crippen molar-refractivity contribution in [3.05, 3.63) is 53.8 Å². The fourth-order valence-corrected chi connectivity index (χ4v) is 3.35. The molecule has 1 saturated heterocycles. The maximum atomic E-state index is 13.3. The number of rotatable bonds is 4. The molecular weight excluding hydrogens is 307 g/mol. The van der Waals surface area contributed by atoms with Gasteiger partial charge in [-0.3, -0.25) is 4.90 Å². The molecule has 0 unspecified atom stereocenters. The van der Waals surface area contributed by atoms with Crippen molar-refractivity contribution in [2.24, 2.45) is 0 Å². The third-order valence-electron chi connectivity index (χ3n) is 4.63. The van der Waals surface area contributed by atoms with Crippen LogP contribution in [-0.4, -0.2) is 30.8 Å². The maximum absolute atomic E-state index is 13.3. The van der Waals surface area contributed by atoms with E-state index in [-0.39, 0.29) is 5.82 Å². The van der Waals surface area contributed by atoms with E-state index >= 15 is 0 Å². The van der Waals surface area contributed by atoms with Crippen molar-refractivity contribution in [1.82, 2.24) is 4.90 Å². The van der Waals surface area contributed by atoms with Crippen LogP contribution >= 0.6 is 0 Å². The molecule has 0 amide bonds. The highest BCUT2D eigenvalue weighted by molar-refractivity contribution is 5.45. The van der Waals surface area contributed by atoms with E-state index in [1.165, 1.54) is 11.6 Å². The molecule has 2 aromatic rings. The molecule has 126 valence electrons. The number of fused-ring (bicyclic) bond motifs is 1. The largest absolute Gasteiger partial charge is 0.454 e. The number of ether oxygens (including phenoxy) is 2. The maximum Gasteiger partial charge on any atom is 0.231 e. The van der Waals surface area contributed by atoms with Crippen molar-refractivity contribution >= 4 is 5.69 Å². The summed E-state index contributed by atoms with van der Waals surface area (Å²) < 4.78 is 24.0. The third-order valence-corrected chi connectivity index (χ3v) is 4.63. The van der Waals surface area contributed by atoms with Crippen LogP contribution in [0.3, 0.4) is 0 Å². The van der Waals surface area contributed by atoms with Crippen molar-refractivity contribution < 1.29 is 13.9 Å². The standard InChI is InChI=1S/C19H21FN2O2/c20-15-2-1-3-17(11-15)21-16-6-8-22(9-7-16)12-14-4-5-18-19(10-14)24-13-23-18/h1-5,10-11,16,21H,6-9,12-13H2. The minimum Gasteiger partial charge on any atom is -0.454 e. The fraction of sp³-hybridized carbons (Fsp3) is 0.368. The van der Waals surface area contributed by atoms with Gasteiger partial charge in [0, 0.05) is 31.4 Å². The molecule has 0 saturated carbocycles. The third kappa shape index (κ3) is 3.46. The molecule has 2 aromatic carbocycles. The van der Waals surface area contributed by atoms with Crippen LogP contribution in [0.1, 0.15) is 18.4 Å². The first-order valence-electron chi connectivity index (χ1n) is 8.39. The van der Waals surface area contributed by atoms with E-state index in [9.17, 15) is 4.39 Å². The Balaban J connectivity index is 1.30. The van der Waals surface area contributed by atoms with Gasteiger partial charge in [-0.1, -0.05) is 12.1 Å². The molecule has 0 aliphatic carbocycles. The zero-order chi connectivity index (χ0) is 16.4. The number of anilines is 1. The van der Waals surface area contributed by atoms with Crippen molar-refractivity contribution in [2.45, 2.75) is 25.4 Å². The lowest BCUT2D eigenvalue weighted by Crippen LogP contribution is -2.38. The van der Waals surface area contributed by atoms with E-state index in [0.29, 0.717) is 12.8 Å². The molecule has 2 aliphatic heterocycles. The molecule has 5 heteroatoms. The lowest BCUT2D eigenvalue weighted by atomic mass is 10.0. The molecule has 4 rings (SSSR count). The van der Waals surface area contributed by atoms with Crippen LogP contribution < -0.4 is 14.8 Å². The smallest absolute Gasteiger partial charge is 0.231 e. The summed E-state index contributed by atoms with van der Waals surface area (Å²) in [6, 6.07) is 13.2. The molecule has 0 aromatic heterocycles. The number of benzene rings is 2. The first-order valence-corrected chi connectivity index (χ1v) is 8.39. The lowest BCUT2D eigenvalue weighted by molar-refractivity contribution is 0.173. The summed E-state index contributed by atoms with van der Waals surface area (Å²) in [6.07, 6.45) is 2.11. The van der Waals surface area contributed by atoms with Crippen molar-refractivity contribution in [3.8, 4) is 11.5 Å². The zero-order valence-electron chi connectivity index (χ0n) is 13.5. The molecule has 0 atom stereocenters. The summed E-state index contributed by atoms with van der Waals surface area (Å²) in [5.74, 6) is 1.48. The van der Waals surface area contributed by atoms with Crippen LogP contribution in [-0.2, 0) is 6.54 Å². The van der Waals surface area contributed by atoms with E-state index in [2.05, 4.69) is 22.3 Å². The molecule has 0 radical (unpaired) electrons. The van der Waals surface area contributed by atoms with Gasteiger partial charge in [0.15, 0.2) is 11.5 Å². The number of likely N-dealkylation sites (tertiary alicyclic amines) is 1. The average molecular weight is 328 g/mol. The van der Waals surface area contributed by atoms with Crippen LogP contribution in [0.25, 0.3) is 0 Å². The summed E-state index contributed by atoms with van der Waals surface area (Å²) >= 11 is 0. The highest BCUT2D eigenvalue weighted by atomic mass is 19.1. The first-order chi connectivity index (χ1) is 11.8. The number of halogens is 1. The SMILES string of the molecule is Fc1cccc(NC2CCN(Cc3ccc4c(c3)OCO4)CC2)c1. The molecule has 1 N–H and O–H groups in total. The second-order valence-electron chi connectivity index (χ2n) is 6.39. The van der Waals surface area contributed by atoms with Crippen LogP contribution in [0.2, 0.25) is 0 Å². The number of nitrogens with one attached hydrogen (secondary N) is 1. The summed E-state index contributed by atoms with van der Waals surface area (Å²) in [6.45, 7) is 3.29. The number of hydrogen-bond acceptors (Lipinski definition) is 4. The zero-order valence-corrected chi connectivity index (χ0v) is 13.5. The lowest BCUT2D eigenvalue weighted by Gasteiger charge is -2.33. The molecule has 2 heterocycles. The molecular formula is C19H21FN2O2. The van der Waals surface area contributed by atoms with Crippen LogP contribution in [0.15, 0.2) is 42.5 Å². The molecule has 24 heavy (non-hydrogen) atoms. The number of nitrogens with zero attached hydrogens (tertiary/aromatic N) is 1. The predicted molar refractivity (Wildman–Crippen MR) is 90.9 cm³/mol. The van der Waals surface area contributed by atoms with E-state index in [1.54, 1.807) is 12.1 Å². The van der Waals surface area contributed by atoms with Crippen molar-refractivity contribution in [2.75, 3.05) is 25.2 Å². The molecule has 0 bridgehead atoms. The Labute approximate surface area is 141 Å². The topological polar surface area (TPSA) is 33.7 Å². The Hall–Kier alpha value is -2.27. The van der Waals surface area contributed by atoms with Gasteiger partial charge in [0.2, 0.25) is 6.79 Å². The monoisotopic (exact) mass is 328 g/mol. The first kappa shape index (κ1) is 15.3. The summed E-state index contributed by atoms with van der Waals surface area (Å²) in [4.78, 5) is 2.45. The Morgan fingerprint density at radius 2 is 1.88 bits per heavy atom. The summed E-state index contributed by atoms with van der Waals surface area (Å²) in [5, 5.41) is 3.44. The average Bonchev–Trinajstić information content (AvgIpc) is 3.04. The second kappa shape index (κ2) is 6.69. The Bertz CT molecular complexity index is 714. The quantitative estimate of drug-likeness (QED) is 0.929. The predicted octanol–water partition coefficient (Wildman–Crippen LogP) is 3.63. The van der Waals surface area contributed by atoms with Gasteiger partial charge in [0.05, 0.1) is 0 Å².